The Hall–Kier alpha value is -1.93. The summed E-state index contributed by atoms with van der Waals surface area (Å²) in [6.45, 7) is 5.64. The van der Waals surface area contributed by atoms with E-state index in [4.69, 9.17) is 4.74 Å². The molecule has 0 aromatic carbocycles. The maximum absolute atomic E-state index is 12.6. The van der Waals surface area contributed by atoms with Crippen molar-refractivity contribution in [2.24, 2.45) is 0 Å². The highest BCUT2D eigenvalue weighted by Crippen LogP contribution is 2.37. The average Bonchev–Trinajstić information content (AvgIpc) is 2.82. The first-order chi connectivity index (χ1) is 13.4. The topological polar surface area (TPSA) is 80.2 Å². The Balaban J connectivity index is 2.07. The van der Waals surface area contributed by atoms with E-state index in [9.17, 15) is 14.4 Å². The van der Waals surface area contributed by atoms with Crippen LogP contribution in [0.1, 0.15) is 53.9 Å². The Labute approximate surface area is 171 Å². The number of carbonyl (C=O) groups is 3. The number of amides is 2. The Morgan fingerprint density at radius 3 is 2.43 bits per heavy atom. The molecule has 0 bridgehead atoms. The number of anilines is 1. The summed E-state index contributed by atoms with van der Waals surface area (Å²) in [7, 11) is 3.19. The van der Waals surface area contributed by atoms with Crippen LogP contribution in [0.2, 0.25) is 0 Å². The number of likely N-dealkylation sites (N-methyl/N-ethyl adjacent to an activating group) is 2. The van der Waals surface area contributed by atoms with Gasteiger partial charge in [0.2, 0.25) is 0 Å². The average molecular weight is 411 g/mol. The molecule has 1 aliphatic rings. The largest absolute Gasteiger partial charge is 0.465 e. The van der Waals surface area contributed by atoms with Crippen LogP contribution in [0, 0.1) is 0 Å². The molecular weight excluding hydrogens is 378 g/mol. The maximum atomic E-state index is 12.6. The molecule has 2 N–H and O–H groups in total. The Morgan fingerprint density at radius 1 is 1.11 bits per heavy atom. The lowest BCUT2D eigenvalue weighted by Gasteiger charge is -2.20. The molecule has 1 aliphatic carbocycles. The lowest BCUT2D eigenvalue weighted by Crippen LogP contribution is -3.11. The third-order valence-corrected chi connectivity index (χ3v) is 6.30. The van der Waals surface area contributed by atoms with E-state index in [2.05, 4.69) is 5.32 Å². The van der Waals surface area contributed by atoms with Gasteiger partial charge in [0.15, 0.2) is 13.1 Å². The number of ether oxygens (including phenoxy) is 1. The van der Waals surface area contributed by atoms with E-state index in [1.165, 1.54) is 23.3 Å². The van der Waals surface area contributed by atoms with E-state index in [0.29, 0.717) is 23.7 Å². The van der Waals surface area contributed by atoms with Crippen LogP contribution in [0.3, 0.4) is 0 Å². The molecule has 7 nitrogen and oxygen atoms in total. The van der Waals surface area contributed by atoms with Crippen molar-refractivity contribution in [3.63, 3.8) is 0 Å². The smallest absolute Gasteiger partial charge is 0.341 e. The number of methoxy groups -OCH3 is 1. The number of nitrogens with zero attached hydrogens (tertiary/aromatic N) is 1. The van der Waals surface area contributed by atoms with Crippen LogP contribution < -0.4 is 10.2 Å². The van der Waals surface area contributed by atoms with Gasteiger partial charge in [-0.2, -0.15) is 0 Å². The molecule has 28 heavy (non-hydrogen) atoms. The maximum Gasteiger partial charge on any atom is 0.341 e. The van der Waals surface area contributed by atoms with Gasteiger partial charge in [-0.1, -0.05) is 6.42 Å². The van der Waals surface area contributed by atoms with Crippen molar-refractivity contribution in [2.75, 3.05) is 45.7 Å². The molecular formula is C20H32N3O4S+. The Kier molecular flexibility index (Phi) is 8.44. The van der Waals surface area contributed by atoms with Crippen LogP contribution in [0.15, 0.2) is 0 Å². The van der Waals surface area contributed by atoms with E-state index in [0.717, 1.165) is 42.6 Å². The molecule has 0 radical (unpaired) electrons. The molecule has 2 amide bonds. The van der Waals surface area contributed by atoms with Crippen LogP contribution in [0.25, 0.3) is 0 Å². The highest BCUT2D eigenvalue weighted by Gasteiger charge is 2.27. The molecule has 1 aromatic rings. The number of rotatable bonds is 8. The van der Waals surface area contributed by atoms with Crippen molar-refractivity contribution in [1.29, 1.82) is 0 Å². The van der Waals surface area contributed by atoms with Crippen LogP contribution in [0.4, 0.5) is 5.00 Å². The van der Waals surface area contributed by atoms with E-state index >= 15 is 0 Å². The summed E-state index contributed by atoms with van der Waals surface area (Å²) in [5.74, 6) is -0.563. The minimum Gasteiger partial charge on any atom is -0.465 e. The number of carbonyl (C=O) groups excluding carboxylic acids is 3. The third kappa shape index (κ3) is 5.54. The quantitative estimate of drug-likeness (QED) is 0.497. The first-order valence-corrected chi connectivity index (χ1v) is 10.8. The molecule has 156 valence electrons. The minimum absolute atomic E-state index is 0.0355. The number of thiophene rings is 1. The molecule has 1 aromatic heterocycles. The van der Waals surface area contributed by atoms with Gasteiger partial charge in [0.25, 0.3) is 11.8 Å². The normalized spacial score (nSPS) is 14.6. The van der Waals surface area contributed by atoms with Crippen molar-refractivity contribution in [2.45, 2.75) is 46.0 Å². The Bertz CT molecular complexity index is 713. The van der Waals surface area contributed by atoms with Crippen LogP contribution >= 0.6 is 11.3 Å². The van der Waals surface area contributed by atoms with Gasteiger partial charge >= 0.3 is 5.97 Å². The summed E-state index contributed by atoms with van der Waals surface area (Å²) < 4.78 is 4.97. The second kappa shape index (κ2) is 10.6. The minimum atomic E-state index is -0.396. The SMILES string of the molecule is CCN(CC)C(=O)C[NH+](C)CC(=O)Nc1sc2c(c1C(=O)OC)CCCCC2. The number of hydrogen-bond donors (Lipinski definition) is 2. The van der Waals surface area contributed by atoms with E-state index in [1.807, 2.05) is 20.9 Å². The lowest BCUT2D eigenvalue weighted by atomic mass is 10.1. The van der Waals surface area contributed by atoms with Crippen molar-refractivity contribution in [1.82, 2.24) is 4.90 Å². The van der Waals surface area contributed by atoms with Gasteiger partial charge in [-0.3, -0.25) is 9.59 Å². The zero-order valence-corrected chi connectivity index (χ0v) is 18.2. The monoisotopic (exact) mass is 410 g/mol. The van der Waals surface area contributed by atoms with Gasteiger partial charge in [-0.15, -0.1) is 11.3 Å². The summed E-state index contributed by atoms with van der Waals surface area (Å²) in [5.41, 5.74) is 1.54. The fourth-order valence-corrected chi connectivity index (χ4v) is 4.90. The first-order valence-electron chi connectivity index (χ1n) is 10.0. The fraction of sp³-hybridized carbons (Fsp3) is 0.650. The summed E-state index contributed by atoms with van der Waals surface area (Å²) in [6, 6.07) is 0. The molecule has 1 heterocycles. The molecule has 2 rings (SSSR count). The number of hydrogen-bond acceptors (Lipinski definition) is 5. The number of esters is 1. The van der Waals surface area contributed by atoms with Crippen LogP contribution in [-0.2, 0) is 27.2 Å². The highest BCUT2D eigenvalue weighted by atomic mass is 32.1. The number of quaternary nitrogens is 1. The zero-order chi connectivity index (χ0) is 20.7. The van der Waals surface area contributed by atoms with Gasteiger partial charge in [-0.25, -0.2) is 4.79 Å². The fourth-order valence-electron chi connectivity index (χ4n) is 3.60. The van der Waals surface area contributed by atoms with E-state index in [1.54, 1.807) is 4.90 Å². The lowest BCUT2D eigenvalue weighted by molar-refractivity contribution is -0.862. The second-order valence-electron chi connectivity index (χ2n) is 7.19. The van der Waals surface area contributed by atoms with Crippen molar-refractivity contribution < 1.29 is 24.0 Å². The van der Waals surface area contributed by atoms with Crippen molar-refractivity contribution >= 4 is 34.1 Å². The zero-order valence-electron chi connectivity index (χ0n) is 17.4. The van der Waals surface area contributed by atoms with Crippen LogP contribution in [-0.4, -0.2) is 63.0 Å². The molecule has 0 spiro atoms. The molecule has 0 saturated carbocycles. The summed E-state index contributed by atoms with van der Waals surface area (Å²) in [6.07, 6.45) is 5.07. The molecule has 1 unspecified atom stereocenters. The Morgan fingerprint density at radius 2 is 1.79 bits per heavy atom. The molecule has 0 aliphatic heterocycles. The summed E-state index contributed by atoms with van der Waals surface area (Å²) in [4.78, 5) is 40.9. The van der Waals surface area contributed by atoms with Gasteiger partial charge in [0, 0.05) is 18.0 Å². The van der Waals surface area contributed by atoms with Gasteiger partial charge in [0.05, 0.1) is 19.7 Å². The van der Waals surface area contributed by atoms with E-state index in [-0.39, 0.29) is 24.9 Å². The predicted molar refractivity (Wildman–Crippen MR) is 110 cm³/mol. The van der Waals surface area contributed by atoms with Crippen LogP contribution in [0.5, 0.6) is 0 Å². The second-order valence-corrected chi connectivity index (χ2v) is 8.29. The predicted octanol–water partition coefficient (Wildman–Crippen LogP) is 1.13. The van der Waals surface area contributed by atoms with Gasteiger partial charge in [0.1, 0.15) is 5.00 Å². The van der Waals surface area contributed by atoms with Crippen molar-refractivity contribution in [3.8, 4) is 0 Å². The number of aryl methyl sites for hydroxylation is 1. The highest BCUT2D eigenvalue weighted by molar-refractivity contribution is 7.17. The van der Waals surface area contributed by atoms with Crippen molar-refractivity contribution in [3.05, 3.63) is 16.0 Å². The molecule has 0 saturated heterocycles. The van der Waals surface area contributed by atoms with E-state index < -0.39 is 5.97 Å². The standard InChI is InChI=1S/C20H31N3O4S/c1-5-23(6-2)17(25)13-22(3)12-16(24)21-19-18(20(26)27-4)14-10-8-7-9-11-15(14)28-19/h5-13H2,1-4H3,(H,21,24)/p+1. The molecule has 0 fully saturated rings. The molecule has 8 heteroatoms. The van der Waals surface area contributed by atoms with Gasteiger partial charge in [-0.05, 0) is 45.1 Å². The number of nitrogens with one attached hydrogen (secondary N) is 2. The van der Waals surface area contributed by atoms with Gasteiger partial charge < -0.3 is 19.9 Å². The molecule has 1 atom stereocenters. The first kappa shape index (κ1) is 22.4. The third-order valence-electron chi connectivity index (χ3n) is 5.10. The summed E-state index contributed by atoms with van der Waals surface area (Å²) in [5, 5.41) is 3.47. The number of fused-ring (bicyclic) bond motifs is 1. The summed E-state index contributed by atoms with van der Waals surface area (Å²) >= 11 is 1.48.